The van der Waals surface area contributed by atoms with Crippen LogP contribution in [0.15, 0.2) is 22.7 Å². The molecule has 2 aromatic rings. The van der Waals surface area contributed by atoms with Gasteiger partial charge in [0, 0.05) is 29.0 Å². The van der Waals surface area contributed by atoms with Crippen molar-refractivity contribution in [3.8, 4) is 0 Å². The van der Waals surface area contributed by atoms with Crippen LogP contribution in [0, 0.1) is 6.92 Å². The maximum atomic E-state index is 6.23. The summed E-state index contributed by atoms with van der Waals surface area (Å²) in [5.41, 5.74) is 8.95. The van der Waals surface area contributed by atoms with Gasteiger partial charge in [0.2, 0.25) is 0 Å². The van der Waals surface area contributed by atoms with E-state index in [0.717, 1.165) is 21.4 Å². The van der Waals surface area contributed by atoms with Crippen LogP contribution in [0.4, 0.5) is 0 Å². The largest absolute Gasteiger partial charge is 0.324 e. The lowest BCUT2D eigenvalue weighted by atomic mass is 10.0. The maximum Gasteiger partial charge on any atom is 0.0847 e. The Kier molecular flexibility index (Phi) is 4.56. The number of aromatic nitrogens is 2. The summed E-state index contributed by atoms with van der Waals surface area (Å²) < 4.78 is 2.69. The number of nitrogens with zero attached hydrogens (tertiary/aromatic N) is 2. The summed E-state index contributed by atoms with van der Waals surface area (Å²) in [6.07, 6.45) is 0.614. The molecule has 19 heavy (non-hydrogen) atoms. The van der Waals surface area contributed by atoms with Gasteiger partial charge in [0.05, 0.1) is 16.4 Å². The summed E-state index contributed by atoms with van der Waals surface area (Å²) >= 11 is 15.7. The van der Waals surface area contributed by atoms with Gasteiger partial charge in [-0.25, -0.2) is 0 Å². The second-order valence-corrected chi connectivity index (χ2v) is 6.21. The summed E-state index contributed by atoms with van der Waals surface area (Å²) in [6, 6.07) is 5.49. The first-order valence-corrected chi connectivity index (χ1v) is 7.33. The fraction of sp³-hybridized carbons (Fsp3) is 0.308. The molecule has 0 aliphatic heterocycles. The zero-order chi connectivity index (χ0) is 14.2. The summed E-state index contributed by atoms with van der Waals surface area (Å²) in [7, 11) is 1.87. The molecule has 2 rings (SSSR count). The zero-order valence-corrected chi connectivity index (χ0v) is 13.7. The van der Waals surface area contributed by atoms with Gasteiger partial charge in [-0.1, -0.05) is 39.1 Å². The summed E-state index contributed by atoms with van der Waals surface area (Å²) in [5, 5.41) is 5.63. The molecule has 1 atom stereocenters. The topological polar surface area (TPSA) is 43.8 Å². The minimum atomic E-state index is -0.178. The first-order chi connectivity index (χ1) is 8.88. The summed E-state index contributed by atoms with van der Waals surface area (Å²) in [6.45, 7) is 1.88. The van der Waals surface area contributed by atoms with Gasteiger partial charge in [-0.2, -0.15) is 5.10 Å². The van der Waals surface area contributed by atoms with E-state index in [4.69, 9.17) is 28.9 Å². The Bertz CT molecular complexity index is 590. The summed E-state index contributed by atoms with van der Waals surface area (Å²) in [5.74, 6) is 0. The molecule has 0 aliphatic rings. The number of nitrogens with two attached hydrogens (primary N) is 1. The van der Waals surface area contributed by atoms with E-state index in [-0.39, 0.29) is 6.04 Å². The van der Waals surface area contributed by atoms with E-state index >= 15 is 0 Å². The highest BCUT2D eigenvalue weighted by Crippen LogP contribution is 2.27. The Morgan fingerprint density at radius 2 is 2.05 bits per heavy atom. The highest BCUT2D eigenvalue weighted by molar-refractivity contribution is 9.10. The average molecular weight is 363 g/mol. The number of hydrogen-bond donors (Lipinski definition) is 1. The van der Waals surface area contributed by atoms with Crippen molar-refractivity contribution in [1.29, 1.82) is 0 Å². The van der Waals surface area contributed by atoms with Gasteiger partial charge < -0.3 is 5.73 Å². The number of hydrogen-bond acceptors (Lipinski definition) is 2. The van der Waals surface area contributed by atoms with E-state index in [9.17, 15) is 0 Å². The van der Waals surface area contributed by atoms with Crippen LogP contribution in [-0.4, -0.2) is 9.78 Å². The summed E-state index contributed by atoms with van der Waals surface area (Å²) in [4.78, 5) is 0. The molecule has 0 fully saturated rings. The maximum absolute atomic E-state index is 6.23. The van der Waals surface area contributed by atoms with Crippen molar-refractivity contribution in [1.82, 2.24) is 9.78 Å². The lowest BCUT2D eigenvalue weighted by molar-refractivity contribution is 0.639. The highest BCUT2D eigenvalue weighted by Gasteiger charge is 2.16. The Hall–Kier alpha value is -0.550. The van der Waals surface area contributed by atoms with Gasteiger partial charge in [0.15, 0.2) is 0 Å². The lowest BCUT2D eigenvalue weighted by Gasteiger charge is -2.13. The molecule has 1 aromatic heterocycles. The molecule has 0 saturated heterocycles. The Morgan fingerprint density at radius 3 is 2.58 bits per heavy atom. The predicted octanol–water partition coefficient (Wildman–Crippen LogP) is 4.04. The van der Waals surface area contributed by atoms with E-state index in [0.29, 0.717) is 16.5 Å². The Labute approximate surface area is 130 Å². The molecule has 1 aromatic carbocycles. The molecule has 0 saturated carbocycles. The van der Waals surface area contributed by atoms with Gasteiger partial charge in [-0.05, 0) is 30.7 Å². The molecule has 0 aliphatic carbocycles. The highest BCUT2D eigenvalue weighted by atomic mass is 79.9. The van der Waals surface area contributed by atoms with Gasteiger partial charge in [-0.3, -0.25) is 4.68 Å². The van der Waals surface area contributed by atoms with Gasteiger partial charge in [-0.15, -0.1) is 0 Å². The third-order valence-corrected chi connectivity index (χ3v) is 4.16. The van der Waals surface area contributed by atoms with Crippen molar-refractivity contribution in [2.45, 2.75) is 19.4 Å². The van der Waals surface area contributed by atoms with Crippen molar-refractivity contribution >= 4 is 39.1 Å². The van der Waals surface area contributed by atoms with Crippen LogP contribution in [0.25, 0.3) is 0 Å². The van der Waals surface area contributed by atoms with E-state index in [2.05, 4.69) is 21.0 Å². The number of rotatable bonds is 3. The van der Waals surface area contributed by atoms with E-state index in [1.165, 1.54) is 0 Å². The Balaban J connectivity index is 2.27. The SMILES string of the molecule is Cc1nn(C)c(CC(N)c2cc(Cl)cc(Br)c2)c1Cl. The molecule has 1 unspecified atom stereocenters. The molecule has 102 valence electrons. The van der Waals surface area contributed by atoms with Crippen molar-refractivity contribution in [3.63, 3.8) is 0 Å². The van der Waals surface area contributed by atoms with Crippen LogP contribution in [0.2, 0.25) is 10.0 Å². The van der Waals surface area contributed by atoms with Crippen molar-refractivity contribution in [2.75, 3.05) is 0 Å². The monoisotopic (exact) mass is 361 g/mol. The molecule has 2 N–H and O–H groups in total. The third kappa shape index (κ3) is 3.31. The number of halogens is 3. The van der Waals surface area contributed by atoms with Crippen LogP contribution in [-0.2, 0) is 13.5 Å². The van der Waals surface area contributed by atoms with Gasteiger partial charge in [0.25, 0.3) is 0 Å². The third-order valence-electron chi connectivity index (χ3n) is 2.99. The normalized spacial score (nSPS) is 12.7. The number of benzene rings is 1. The van der Waals surface area contributed by atoms with Gasteiger partial charge in [0.1, 0.15) is 0 Å². The molecule has 0 amide bonds. The zero-order valence-electron chi connectivity index (χ0n) is 10.6. The molecule has 6 heteroatoms. The first-order valence-electron chi connectivity index (χ1n) is 5.78. The smallest absolute Gasteiger partial charge is 0.0847 e. The Morgan fingerprint density at radius 1 is 1.37 bits per heavy atom. The molecule has 0 spiro atoms. The van der Waals surface area contributed by atoms with Crippen molar-refractivity contribution < 1.29 is 0 Å². The van der Waals surface area contributed by atoms with Gasteiger partial charge >= 0.3 is 0 Å². The quantitative estimate of drug-likeness (QED) is 0.895. The van der Waals surface area contributed by atoms with Crippen LogP contribution < -0.4 is 5.73 Å². The van der Waals surface area contributed by atoms with E-state index in [1.54, 1.807) is 4.68 Å². The molecular formula is C13H14BrCl2N3. The predicted molar refractivity (Wildman–Crippen MR) is 82.7 cm³/mol. The molecule has 3 nitrogen and oxygen atoms in total. The average Bonchev–Trinajstić information content (AvgIpc) is 2.54. The molecular weight excluding hydrogens is 349 g/mol. The van der Waals surface area contributed by atoms with Crippen LogP contribution >= 0.6 is 39.1 Å². The number of aryl methyl sites for hydroxylation is 2. The van der Waals surface area contributed by atoms with Crippen molar-refractivity contribution in [3.05, 3.63) is 49.7 Å². The minimum Gasteiger partial charge on any atom is -0.324 e. The molecule has 1 heterocycles. The second-order valence-electron chi connectivity index (χ2n) is 4.48. The van der Waals surface area contributed by atoms with Crippen LogP contribution in [0.5, 0.6) is 0 Å². The fourth-order valence-electron chi connectivity index (χ4n) is 2.02. The van der Waals surface area contributed by atoms with E-state index < -0.39 is 0 Å². The molecule has 0 radical (unpaired) electrons. The van der Waals surface area contributed by atoms with E-state index in [1.807, 2.05) is 32.2 Å². The lowest BCUT2D eigenvalue weighted by Crippen LogP contribution is -2.15. The second kappa shape index (κ2) is 5.83. The van der Waals surface area contributed by atoms with Crippen LogP contribution in [0.3, 0.4) is 0 Å². The molecule has 0 bridgehead atoms. The standard InChI is InChI=1S/C13H14BrCl2N3/c1-7-13(16)12(19(2)18-7)6-11(17)8-3-9(14)5-10(15)4-8/h3-5,11H,6,17H2,1-2H3. The van der Waals surface area contributed by atoms with Crippen molar-refractivity contribution in [2.24, 2.45) is 12.8 Å². The van der Waals surface area contributed by atoms with Crippen LogP contribution in [0.1, 0.15) is 23.0 Å². The minimum absolute atomic E-state index is 0.178. The first kappa shape index (κ1) is 14.9. The fourth-order valence-corrected chi connectivity index (χ4v) is 3.14.